The van der Waals surface area contributed by atoms with Crippen LogP contribution in [-0.4, -0.2) is 21.9 Å². The number of fused-ring (bicyclic) bond motifs is 1. The average molecular weight is 273 g/mol. The first-order valence-electron chi connectivity index (χ1n) is 7.30. The summed E-state index contributed by atoms with van der Waals surface area (Å²) in [7, 11) is 0. The van der Waals surface area contributed by atoms with Crippen molar-refractivity contribution in [2.45, 2.75) is 46.1 Å². The molecule has 0 spiro atoms. The number of nitrogens with one attached hydrogen (secondary N) is 2. The molecule has 1 unspecified atom stereocenters. The van der Waals surface area contributed by atoms with Gasteiger partial charge in [0, 0.05) is 11.6 Å². The Morgan fingerprint density at radius 3 is 2.85 bits per heavy atom. The van der Waals surface area contributed by atoms with Crippen LogP contribution in [0.4, 0.5) is 0 Å². The van der Waals surface area contributed by atoms with Gasteiger partial charge in [-0.25, -0.2) is 4.98 Å². The third-order valence-corrected chi connectivity index (χ3v) is 3.48. The molecule has 1 amide bonds. The number of H-pyrrole nitrogens is 1. The van der Waals surface area contributed by atoms with Crippen LogP contribution in [0.25, 0.3) is 11.0 Å². The van der Waals surface area contributed by atoms with E-state index < -0.39 is 0 Å². The number of amides is 1. The molecule has 1 aromatic carbocycles. The highest BCUT2D eigenvalue weighted by molar-refractivity contribution is 5.97. The van der Waals surface area contributed by atoms with Crippen molar-refractivity contribution in [2.75, 3.05) is 0 Å². The molecule has 0 saturated carbocycles. The second kappa shape index (κ2) is 6.55. The summed E-state index contributed by atoms with van der Waals surface area (Å²) in [6.45, 7) is 6.51. The summed E-state index contributed by atoms with van der Waals surface area (Å²) in [6.07, 6.45) is 5.02. The predicted molar refractivity (Wildman–Crippen MR) is 81.7 cm³/mol. The Bertz CT molecular complexity index is 574. The van der Waals surface area contributed by atoms with Crippen LogP contribution in [0.2, 0.25) is 0 Å². The van der Waals surface area contributed by atoms with Gasteiger partial charge in [-0.1, -0.05) is 26.7 Å². The van der Waals surface area contributed by atoms with Crippen molar-refractivity contribution < 1.29 is 4.79 Å². The number of hydrogen-bond acceptors (Lipinski definition) is 2. The predicted octanol–water partition coefficient (Wildman–Crippen LogP) is 3.51. The van der Waals surface area contributed by atoms with Crippen molar-refractivity contribution in [3.05, 3.63) is 30.1 Å². The lowest BCUT2D eigenvalue weighted by Gasteiger charge is -2.14. The summed E-state index contributed by atoms with van der Waals surface area (Å²) in [5, 5.41) is 3.05. The monoisotopic (exact) mass is 273 g/mol. The first-order chi connectivity index (χ1) is 9.56. The van der Waals surface area contributed by atoms with Crippen LogP contribution in [0.15, 0.2) is 24.5 Å². The van der Waals surface area contributed by atoms with Crippen LogP contribution in [0, 0.1) is 5.92 Å². The lowest BCUT2D eigenvalue weighted by atomic mass is 10.0. The molecule has 2 aromatic rings. The lowest BCUT2D eigenvalue weighted by molar-refractivity contribution is 0.0938. The molecule has 2 N–H and O–H groups in total. The zero-order valence-electron chi connectivity index (χ0n) is 12.4. The maximum absolute atomic E-state index is 12.2. The van der Waals surface area contributed by atoms with Gasteiger partial charge < -0.3 is 10.3 Å². The van der Waals surface area contributed by atoms with Crippen LogP contribution >= 0.6 is 0 Å². The highest BCUT2D eigenvalue weighted by Crippen LogP contribution is 2.12. The molecule has 1 heterocycles. The molecule has 0 saturated heterocycles. The second-order valence-electron chi connectivity index (χ2n) is 5.83. The van der Waals surface area contributed by atoms with Crippen LogP contribution < -0.4 is 5.32 Å². The fourth-order valence-corrected chi connectivity index (χ4v) is 2.29. The van der Waals surface area contributed by atoms with Crippen LogP contribution in [0.3, 0.4) is 0 Å². The number of rotatable bonds is 6. The van der Waals surface area contributed by atoms with Crippen molar-refractivity contribution in [1.82, 2.24) is 15.3 Å². The zero-order chi connectivity index (χ0) is 14.5. The molecule has 0 aliphatic rings. The Labute approximate surface area is 120 Å². The number of aromatic nitrogens is 2. The molecular weight excluding hydrogens is 250 g/mol. The van der Waals surface area contributed by atoms with Crippen LogP contribution in [0.1, 0.15) is 50.4 Å². The van der Waals surface area contributed by atoms with Crippen molar-refractivity contribution in [2.24, 2.45) is 5.92 Å². The second-order valence-corrected chi connectivity index (χ2v) is 5.83. The standard InChI is InChI=1S/C16H23N3O/c1-11(2)5-4-6-12(3)19-16(20)13-7-8-14-15(9-13)18-10-17-14/h7-12H,4-6H2,1-3H3,(H,17,18)(H,19,20). The molecular formula is C16H23N3O. The van der Waals surface area contributed by atoms with Crippen molar-refractivity contribution in [1.29, 1.82) is 0 Å². The molecule has 1 atom stereocenters. The number of carbonyl (C=O) groups excluding carboxylic acids is 1. The van der Waals surface area contributed by atoms with E-state index in [1.54, 1.807) is 6.33 Å². The summed E-state index contributed by atoms with van der Waals surface area (Å²) < 4.78 is 0. The fourth-order valence-electron chi connectivity index (χ4n) is 2.29. The molecule has 4 heteroatoms. The van der Waals surface area contributed by atoms with Gasteiger partial charge in [0.25, 0.3) is 5.91 Å². The van der Waals surface area contributed by atoms with Crippen molar-refractivity contribution in [3.63, 3.8) is 0 Å². The maximum Gasteiger partial charge on any atom is 0.251 e. The van der Waals surface area contributed by atoms with Gasteiger partial charge >= 0.3 is 0 Å². The lowest BCUT2D eigenvalue weighted by Crippen LogP contribution is -2.32. The molecule has 0 aliphatic carbocycles. The van der Waals surface area contributed by atoms with E-state index in [4.69, 9.17) is 0 Å². The number of aromatic amines is 1. The van der Waals surface area contributed by atoms with Crippen LogP contribution in [0.5, 0.6) is 0 Å². The number of carbonyl (C=O) groups is 1. The normalized spacial score (nSPS) is 12.8. The Hall–Kier alpha value is -1.84. The largest absolute Gasteiger partial charge is 0.350 e. The van der Waals surface area contributed by atoms with Gasteiger partial charge in [-0.05, 0) is 37.5 Å². The van der Waals surface area contributed by atoms with E-state index in [0.29, 0.717) is 5.56 Å². The Kier molecular flexibility index (Phi) is 4.77. The van der Waals surface area contributed by atoms with Gasteiger partial charge in [0.1, 0.15) is 0 Å². The molecule has 0 fully saturated rings. The fraction of sp³-hybridized carbons (Fsp3) is 0.500. The molecule has 0 radical (unpaired) electrons. The van der Waals surface area contributed by atoms with E-state index in [2.05, 4.69) is 36.1 Å². The minimum Gasteiger partial charge on any atom is -0.350 e. The first-order valence-corrected chi connectivity index (χ1v) is 7.30. The van der Waals surface area contributed by atoms with Crippen molar-refractivity contribution in [3.8, 4) is 0 Å². The molecule has 20 heavy (non-hydrogen) atoms. The van der Waals surface area contributed by atoms with E-state index in [0.717, 1.165) is 29.8 Å². The number of benzene rings is 1. The van der Waals surface area contributed by atoms with E-state index in [1.807, 2.05) is 18.2 Å². The highest BCUT2D eigenvalue weighted by atomic mass is 16.1. The van der Waals surface area contributed by atoms with E-state index in [-0.39, 0.29) is 11.9 Å². The van der Waals surface area contributed by atoms with E-state index in [9.17, 15) is 4.79 Å². The number of imidazole rings is 1. The topological polar surface area (TPSA) is 57.8 Å². The summed E-state index contributed by atoms with van der Waals surface area (Å²) in [6, 6.07) is 5.74. The summed E-state index contributed by atoms with van der Waals surface area (Å²) >= 11 is 0. The minimum atomic E-state index is -0.0152. The van der Waals surface area contributed by atoms with Gasteiger partial charge in [0.05, 0.1) is 17.4 Å². The van der Waals surface area contributed by atoms with Gasteiger partial charge in [-0.15, -0.1) is 0 Å². The summed E-state index contributed by atoms with van der Waals surface area (Å²) in [5.41, 5.74) is 2.45. The third kappa shape index (κ3) is 3.83. The highest BCUT2D eigenvalue weighted by Gasteiger charge is 2.11. The molecule has 0 bridgehead atoms. The SMILES string of the molecule is CC(C)CCCC(C)NC(=O)c1ccc2nc[nH]c2c1. The van der Waals surface area contributed by atoms with Gasteiger partial charge in [0.2, 0.25) is 0 Å². The van der Waals surface area contributed by atoms with E-state index >= 15 is 0 Å². The Morgan fingerprint density at radius 2 is 2.10 bits per heavy atom. The van der Waals surface area contributed by atoms with Crippen LogP contribution in [-0.2, 0) is 0 Å². The van der Waals surface area contributed by atoms with Gasteiger partial charge in [0.15, 0.2) is 0 Å². The molecule has 1 aromatic heterocycles. The maximum atomic E-state index is 12.2. The molecule has 2 rings (SSSR count). The molecule has 0 aliphatic heterocycles. The Balaban J connectivity index is 1.90. The Morgan fingerprint density at radius 1 is 1.30 bits per heavy atom. The summed E-state index contributed by atoms with van der Waals surface area (Å²) in [5.74, 6) is 0.708. The van der Waals surface area contributed by atoms with Gasteiger partial charge in [-0.3, -0.25) is 4.79 Å². The summed E-state index contributed by atoms with van der Waals surface area (Å²) in [4.78, 5) is 19.3. The van der Waals surface area contributed by atoms with Crippen molar-refractivity contribution >= 4 is 16.9 Å². The number of nitrogens with zero attached hydrogens (tertiary/aromatic N) is 1. The quantitative estimate of drug-likeness (QED) is 0.846. The first kappa shape index (κ1) is 14.6. The molecule has 108 valence electrons. The van der Waals surface area contributed by atoms with E-state index in [1.165, 1.54) is 6.42 Å². The smallest absolute Gasteiger partial charge is 0.251 e. The number of hydrogen-bond donors (Lipinski definition) is 2. The average Bonchev–Trinajstić information content (AvgIpc) is 2.85. The third-order valence-electron chi connectivity index (χ3n) is 3.48. The molecule has 4 nitrogen and oxygen atoms in total. The van der Waals surface area contributed by atoms with Gasteiger partial charge in [-0.2, -0.15) is 0 Å². The minimum absolute atomic E-state index is 0.0152. The zero-order valence-corrected chi connectivity index (χ0v) is 12.4.